The summed E-state index contributed by atoms with van der Waals surface area (Å²) >= 11 is 0. The van der Waals surface area contributed by atoms with Gasteiger partial charge in [0.25, 0.3) is 0 Å². The molecule has 0 bridgehead atoms. The van der Waals surface area contributed by atoms with Crippen molar-refractivity contribution in [3.8, 4) is 0 Å². The molecule has 1 heterocycles. The molecule has 0 amide bonds. The first-order chi connectivity index (χ1) is 9.75. The lowest BCUT2D eigenvalue weighted by molar-refractivity contribution is 0.950. The molecule has 2 aromatic carbocycles. The SMILES string of the molecule is Cn1ccc(=O)c2c(/C=C/c3ccccc3)cccc21. The summed E-state index contributed by atoms with van der Waals surface area (Å²) in [6.07, 6.45) is 5.83. The predicted molar refractivity (Wildman–Crippen MR) is 84.6 cm³/mol. The standard InChI is InChI=1S/C18H15NO/c1-19-13-12-17(20)18-15(8-5-9-16(18)19)11-10-14-6-3-2-4-7-14/h2-13H,1H3/b11-10+. The summed E-state index contributed by atoms with van der Waals surface area (Å²) in [5.41, 5.74) is 3.09. The number of pyridine rings is 1. The van der Waals surface area contributed by atoms with Crippen LogP contribution in [0.4, 0.5) is 0 Å². The van der Waals surface area contributed by atoms with E-state index >= 15 is 0 Å². The fourth-order valence-electron chi connectivity index (χ4n) is 2.35. The molecule has 0 spiro atoms. The van der Waals surface area contributed by atoms with Crippen molar-refractivity contribution in [3.63, 3.8) is 0 Å². The molecule has 0 N–H and O–H groups in total. The summed E-state index contributed by atoms with van der Waals surface area (Å²) in [5.74, 6) is 0. The van der Waals surface area contributed by atoms with Crippen molar-refractivity contribution in [1.82, 2.24) is 4.57 Å². The zero-order chi connectivity index (χ0) is 13.9. The summed E-state index contributed by atoms with van der Waals surface area (Å²) in [5, 5.41) is 0.768. The minimum atomic E-state index is 0.0615. The third kappa shape index (κ3) is 2.28. The molecule has 20 heavy (non-hydrogen) atoms. The van der Waals surface area contributed by atoms with Crippen LogP contribution < -0.4 is 5.43 Å². The minimum absolute atomic E-state index is 0.0615. The van der Waals surface area contributed by atoms with Gasteiger partial charge in [0, 0.05) is 19.3 Å². The Balaban J connectivity index is 2.16. The number of hydrogen-bond acceptors (Lipinski definition) is 1. The van der Waals surface area contributed by atoms with Crippen molar-refractivity contribution in [2.45, 2.75) is 0 Å². The van der Waals surface area contributed by atoms with Gasteiger partial charge in [-0.2, -0.15) is 0 Å². The molecular formula is C18H15NO. The Bertz CT molecular complexity index is 829. The van der Waals surface area contributed by atoms with Gasteiger partial charge >= 0.3 is 0 Å². The van der Waals surface area contributed by atoms with Gasteiger partial charge in [0.2, 0.25) is 0 Å². The highest BCUT2D eigenvalue weighted by molar-refractivity contribution is 5.90. The smallest absolute Gasteiger partial charge is 0.189 e. The second-order valence-electron chi connectivity index (χ2n) is 4.78. The molecule has 98 valence electrons. The lowest BCUT2D eigenvalue weighted by Crippen LogP contribution is -2.06. The van der Waals surface area contributed by atoms with E-state index in [0.29, 0.717) is 0 Å². The Labute approximate surface area is 117 Å². The van der Waals surface area contributed by atoms with Crippen LogP contribution in [-0.4, -0.2) is 4.57 Å². The monoisotopic (exact) mass is 261 g/mol. The summed E-state index contributed by atoms with van der Waals surface area (Å²) in [4.78, 5) is 12.1. The Hall–Kier alpha value is -2.61. The lowest BCUT2D eigenvalue weighted by atomic mass is 10.1. The van der Waals surface area contributed by atoms with Gasteiger partial charge in [0.05, 0.1) is 10.9 Å². The zero-order valence-electron chi connectivity index (χ0n) is 11.3. The fourth-order valence-corrected chi connectivity index (χ4v) is 2.35. The van der Waals surface area contributed by atoms with E-state index in [9.17, 15) is 4.79 Å². The van der Waals surface area contributed by atoms with E-state index in [4.69, 9.17) is 0 Å². The maximum Gasteiger partial charge on any atom is 0.189 e. The number of hydrogen-bond donors (Lipinski definition) is 0. The quantitative estimate of drug-likeness (QED) is 0.645. The molecule has 3 aromatic rings. The van der Waals surface area contributed by atoms with Crippen molar-refractivity contribution >= 4 is 23.1 Å². The zero-order valence-corrected chi connectivity index (χ0v) is 11.3. The average molecular weight is 261 g/mol. The van der Waals surface area contributed by atoms with Crippen LogP contribution in [-0.2, 0) is 7.05 Å². The highest BCUT2D eigenvalue weighted by Gasteiger charge is 2.03. The van der Waals surface area contributed by atoms with Crippen LogP contribution >= 0.6 is 0 Å². The van der Waals surface area contributed by atoms with Crippen molar-refractivity contribution in [1.29, 1.82) is 0 Å². The second-order valence-corrected chi connectivity index (χ2v) is 4.78. The summed E-state index contributed by atoms with van der Waals surface area (Å²) in [6, 6.07) is 17.6. The summed E-state index contributed by atoms with van der Waals surface area (Å²) in [6.45, 7) is 0. The van der Waals surface area contributed by atoms with Crippen LogP contribution in [0.3, 0.4) is 0 Å². The highest BCUT2D eigenvalue weighted by Crippen LogP contribution is 2.17. The van der Waals surface area contributed by atoms with Gasteiger partial charge in [-0.1, -0.05) is 54.6 Å². The van der Waals surface area contributed by atoms with E-state index < -0.39 is 0 Å². The largest absolute Gasteiger partial charge is 0.350 e. The number of aryl methyl sites for hydroxylation is 1. The predicted octanol–water partition coefficient (Wildman–Crippen LogP) is 3.71. The molecule has 1 aromatic heterocycles. The molecule has 0 aliphatic carbocycles. The normalized spacial score (nSPS) is 11.2. The van der Waals surface area contributed by atoms with Crippen molar-refractivity contribution in [3.05, 3.63) is 82.1 Å². The van der Waals surface area contributed by atoms with E-state index in [1.807, 2.05) is 72.3 Å². The van der Waals surface area contributed by atoms with Crippen LogP contribution in [0.2, 0.25) is 0 Å². The fraction of sp³-hybridized carbons (Fsp3) is 0.0556. The first-order valence-corrected chi connectivity index (χ1v) is 6.57. The highest BCUT2D eigenvalue weighted by atomic mass is 16.1. The number of aromatic nitrogens is 1. The molecule has 2 heteroatoms. The second kappa shape index (κ2) is 5.17. The van der Waals surface area contributed by atoms with E-state index in [2.05, 4.69) is 0 Å². The Morgan fingerprint density at radius 3 is 2.50 bits per heavy atom. The Morgan fingerprint density at radius 2 is 1.70 bits per heavy atom. The van der Waals surface area contributed by atoms with E-state index in [1.54, 1.807) is 12.3 Å². The molecule has 0 aliphatic rings. The van der Waals surface area contributed by atoms with Crippen LogP contribution in [0.15, 0.2) is 65.6 Å². The van der Waals surface area contributed by atoms with E-state index in [0.717, 1.165) is 22.0 Å². The van der Waals surface area contributed by atoms with Gasteiger partial charge in [0.15, 0.2) is 5.43 Å². The molecule has 2 nitrogen and oxygen atoms in total. The molecule has 0 saturated carbocycles. The van der Waals surface area contributed by atoms with Crippen LogP contribution in [0.25, 0.3) is 23.1 Å². The van der Waals surface area contributed by atoms with Crippen LogP contribution in [0.5, 0.6) is 0 Å². The molecule has 0 radical (unpaired) electrons. The van der Waals surface area contributed by atoms with Gasteiger partial charge in [-0.05, 0) is 17.2 Å². The number of nitrogens with zero attached hydrogens (tertiary/aromatic N) is 1. The molecule has 3 rings (SSSR count). The molecule has 0 unspecified atom stereocenters. The van der Waals surface area contributed by atoms with E-state index in [-0.39, 0.29) is 5.43 Å². The lowest BCUT2D eigenvalue weighted by Gasteiger charge is -2.06. The van der Waals surface area contributed by atoms with Gasteiger partial charge in [-0.15, -0.1) is 0 Å². The Morgan fingerprint density at radius 1 is 0.900 bits per heavy atom. The van der Waals surface area contributed by atoms with Crippen molar-refractivity contribution < 1.29 is 0 Å². The van der Waals surface area contributed by atoms with Gasteiger partial charge in [0.1, 0.15) is 0 Å². The minimum Gasteiger partial charge on any atom is -0.350 e. The number of benzene rings is 2. The van der Waals surface area contributed by atoms with E-state index in [1.165, 1.54) is 0 Å². The third-order valence-electron chi connectivity index (χ3n) is 3.41. The van der Waals surface area contributed by atoms with Crippen LogP contribution in [0, 0.1) is 0 Å². The average Bonchev–Trinajstić information content (AvgIpc) is 2.50. The van der Waals surface area contributed by atoms with Crippen molar-refractivity contribution in [2.75, 3.05) is 0 Å². The molecular weight excluding hydrogens is 246 g/mol. The first-order valence-electron chi connectivity index (χ1n) is 6.57. The maximum atomic E-state index is 12.1. The number of fused-ring (bicyclic) bond motifs is 1. The summed E-state index contributed by atoms with van der Waals surface area (Å²) in [7, 11) is 1.95. The molecule has 0 fully saturated rings. The van der Waals surface area contributed by atoms with Gasteiger partial charge < -0.3 is 4.57 Å². The van der Waals surface area contributed by atoms with Gasteiger partial charge in [-0.3, -0.25) is 4.79 Å². The Kier molecular flexibility index (Phi) is 3.21. The van der Waals surface area contributed by atoms with Crippen molar-refractivity contribution in [2.24, 2.45) is 7.05 Å². The van der Waals surface area contributed by atoms with Crippen LogP contribution in [0.1, 0.15) is 11.1 Å². The third-order valence-corrected chi connectivity index (χ3v) is 3.41. The summed E-state index contributed by atoms with van der Waals surface area (Å²) < 4.78 is 1.97. The maximum absolute atomic E-state index is 12.1. The topological polar surface area (TPSA) is 22.0 Å². The molecule has 0 atom stereocenters. The molecule has 0 aliphatic heterocycles. The first kappa shape index (κ1) is 12.4. The number of rotatable bonds is 2. The van der Waals surface area contributed by atoms with Gasteiger partial charge in [-0.25, -0.2) is 0 Å². The molecule has 0 saturated heterocycles.